The second kappa shape index (κ2) is 6.57. The number of anilines is 1. The average molecular weight is 448 g/mol. The molecule has 4 aliphatic carbocycles. The van der Waals surface area contributed by atoms with Crippen LogP contribution in [0.4, 0.5) is 19.0 Å². The van der Waals surface area contributed by atoms with Crippen molar-refractivity contribution < 1.29 is 18.0 Å². The Kier molecular flexibility index (Phi) is 4.16. The van der Waals surface area contributed by atoms with Gasteiger partial charge in [-0.05, 0) is 50.4 Å². The van der Waals surface area contributed by atoms with Crippen molar-refractivity contribution in [1.82, 2.24) is 24.6 Å². The third kappa shape index (κ3) is 2.80. The highest BCUT2D eigenvalue weighted by Gasteiger charge is 2.69. The largest absolute Gasteiger partial charge is 0.394 e. The van der Waals surface area contributed by atoms with Gasteiger partial charge in [0.1, 0.15) is 12.1 Å². The Labute approximate surface area is 184 Å². The zero-order valence-corrected chi connectivity index (χ0v) is 18.1. The topological polar surface area (TPSA) is 67.2 Å². The summed E-state index contributed by atoms with van der Waals surface area (Å²) in [6.07, 6.45) is 1.56. The molecule has 7 nitrogen and oxygen atoms in total. The summed E-state index contributed by atoms with van der Waals surface area (Å²) in [5, 5.41) is 5.12. The van der Waals surface area contributed by atoms with Crippen molar-refractivity contribution in [1.29, 1.82) is 0 Å². The van der Waals surface area contributed by atoms with E-state index in [1.807, 2.05) is 11.9 Å². The average Bonchev–Trinajstić information content (AvgIpc) is 3.13. The van der Waals surface area contributed by atoms with Gasteiger partial charge < -0.3 is 9.80 Å². The smallest absolute Gasteiger partial charge is 0.352 e. The van der Waals surface area contributed by atoms with Gasteiger partial charge in [-0.1, -0.05) is 0 Å². The lowest BCUT2D eigenvalue weighted by atomic mass is 9.43. The Hall–Kier alpha value is -2.39. The Balaban J connectivity index is 1.21. The van der Waals surface area contributed by atoms with Crippen LogP contribution in [0.5, 0.6) is 0 Å². The summed E-state index contributed by atoms with van der Waals surface area (Å²) in [7, 11) is 1.83. The number of rotatable bonds is 2. The molecule has 2 atom stereocenters. The lowest BCUT2D eigenvalue weighted by Gasteiger charge is -2.62. The minimum atomic E-state index is -4.23. The van der Waals surface area contributed by atoms with Crippen molar-refractivity contribution >= 4 is 22.8 Å². The third-order valence-electron chi connectivity index (χ3n) is 8.49. The van der Waals surface area contributed by atoms with Crippen LogP contribution in [-0.2, 0) is 11.8 Å². The maximum Gasteiger partial charge on any atom is 0.394 e. The van der Waals surface area contributed by atoms with Crippen molar-refractivity contribution in [2.45, 2.75) is 44.7 Å². The Morgan fingerprint density at radius 1 is 1.06 bits per heavy atom. The number of aromatic nitrogens is 4. The maximum absolute atomic E-state index is 14.1. The second-order valence-electron chi connectivity index (χ2n) is 10.5. The fourth-order valence-electron chi connectivity index (χ4n) is 7.50. The van der Waals surface area contributed by atoms with Crippen LogP contribution in [-0.4, -0.2) is 62.9 Å². The molecule has 5 aliphatic rings. The molecule has 0 N–H and O–H groups in total. The van der Waals surface area contributed by atoms with Crippen LogP contribution < -0.4 is 4.90 Å². The molecule has 2 unspecified atom stereocenters. The van der Waals surface area contributed by atoms with Crippen LogP contribution in [0.1, 0.15) is 38.5 Å². The molecule has 1 aliphatic heterocycles. The summed E-state index contributed by atoms with van der Waals surface area (Å²) in [4.78, 5) is 26.3. The van der Waals surface area contributed by atoms with Crippen molar-refractivity contribution in [2.75, 3.05) is 31.1 Å². The Morgan fingerprint density at radius 2 is 1.75 bits per heavy atom. The van der Waals surface area contributed by atoms with Gasteiger partial charge in [0, 0.05) is 33.2 Å². The van der Waals surface area contributed by atoms with Crippen LogP contribution in [0.2, 0.25) is 0 Å². The summed E-state index contributed by atoms with van der Waals surface area (Å²) in [5.74, 6) is 0.807. The van der Waals surface area contributed by atoms with E-state index >= 15 is 0 Å². The minimum Gasteiger partial charge on any atom is -0.352 e. The van der Waals surface area contributed by atoms with Gasteiger partial charge in [0.15, 0.2) is 5.65 Å². The fraction of sp³-hybridized carbons (Fsp3) is 0.727. The van der Waals surface area contributed by atoms with Crippen LogP contribution in [0, 0.1) is 22.7 Å². The van der Waals surface area contributed by atoms with E-state index in [1.54, 1.807) is 10.9 Å². The lowest BCUT2D eigenvalue weighted by Crippen LogP contribution is -2.63. The highest BCUT2D eigenvalue weighted by molar-refractivity contribution is 5.87. The molecular weight excluding hydrogens is 421 g/mol. The van der Waals surface area contributed by atoms with Gasteiger partial charge in [-0.15, -0.1) is 0 Å². The molecule has 7 rings (SSSR count). The first-order chi connectivity index (χ1) is 15.2. The first-order valence-corrected chi connectivity index (χ1v) is 11.4. The van der Waals surface area contributed by atoms with E-state index < -0.39 is 17.0 Å². The highest BCUT2D eigenvalue weighted by Crippen LogP contribution is 2.69. The number of nitrogens with zero attached hydrogens (tertiary/aromatic N) is 6. The molecule has 0 aromatic carbocycles. The molecule has 3 heterocycles. The summed E-state index contributed by atoms with van der Waals surface area (Å²) >= 11 is 0. The zero-order chi connectivity index (χ0) is 22.3. The summed E-state index contributed by atoms with van der Waals surface area (Å²) in [6.45, 7) is 2.20. The molecule has 2 aromatic rings. The molecule has 10 heteroatoms. The van der Waals surface area contributed by atoms with E-state index in [1.165, 1.54) is 6.33 Å². The number of hydrogen-bond acceptors (Lipinski definition) is 5. The molecular formula is C22H27F3N6O. The number of aryl methyl sites for hydroxylation is 1. The van der Waals surface area contributed by atoms with Gasteiger partial charge in [-0.2, -0.15) is 18.3 Å². The van der Waals surface area contributed by atoms with Gasteiger partial charge in [-0.25, -0.2) is 9.97 Å². The Morgan fingerprint density at radius 3 is 2.41 bits per heavy atom. The molecule has 4 bridgehead atoms. The van der Waals surface area contributed by atoms with E-state index in [-0.39, 0.29) is 37.0 Å². The van der Waals surface area contributed by atoms with Crippen LogP contribution in [0.25, 0.3) is 11.0 Å². The van der Waals surface area contributed by atoms with E-state index in [4.69, 9.17) is 0 Å². The first kappa shape index (κ1) is 20.2. The van der Waals surface area contributed by atoms with Gasteiger partial charge in [0.2, 0.25) is 5.91 Å². The zero-order valence-electron chi connectivity index (χ0n) is 18.1. The monoisotopic (exact) mass is 448 g/mol. The maximum atomic E-state index is 14.1. The SMILES string of the molecule is Cn1ncc2c(N3CCN(C(=O)C45CC6CC(C4)CC(C(F)(F)F)(C6)C5)CC3)ncnc21. The molecule has 1 amide bonds. The van der Waals surface area contributed by atoms with E-state index in [2.05, 4.69) is 20.0 Å². The van der Waals surface area contributed by atoms with Crippen LogP contribution in [0.3, 0.4) is 0 Å². The van der Waals surface area contributed by atoms with Crippen molar-refractivity contribution in [2.24, 2.45) is 29.7 Å². The number of carbonyl (C=O) groups is 1. The first-order valence-electron chi connectivity index (χ1n) is 11.4. The molecule has 2 aromatic heterocycles. The van der Waals surface area contributed by atoms with E-state index in [0.717, 1.165) is 23.3 Å². The van der Waals surface area contributed by atoms with Crippen molar-refractivity contribution in [3.63, 3.8) is 0 Å². The number of amides is 1. The molecule has 32 heavy (non-hydrogen) atoms. The number of carbonyl (C=O) groups excluding carboxylic acids is 1. The highest BCUT2D eigenvalue weighted by atomic mass is 19.4. The summed E-state index contributed by atoms with van der Waals surface area (Å²) in [6, 6.07) is 0. The molecule has 4 saturated carbocycles. The number of hydrogen-bond donors (Lipinski definition) is 0. The van der Waals surface area contributed by atoms with Gasteiger partial charge in [-0.3, -0.25) is 9.48 Å². The van der Waals surface area contributed by atoms with Gasteiger partial charge >= 0.3 is 6.18 Å². The molecule has 5 fully saturated rings. The number of alkyl halides is 3. The summed E-state index contributed by atoms with van der Waals surface area (Å²) < 4.78 is 44.0. The molecule has 1 saturated heterocycles. The second-order valence-corrected chi connectivity index (χ2v) is 10.5. The normalized spacial score (nSPS) is 34.5. The van der Waals surface area contributed by atoms with Crippen LogP contribution in [0.15, 0.2) is 12.5 Å². The molecule has 0 spiro atoms. The van der Waals surface area contributed by atoms with Gasteiger partial charge in [0.05, 0.1) is 22.4 Å². The van der Waals surface area contributed by atoms with Crippen LogP contribution >= 0.6 is 0 Å². The lowest BCUT2D eigenvalue weighted by molar-refractivity contribution is -0.284. The van der Waals surface area contributed by atoms with E-state index in [9.17, 15) is 18.0 Å². The number of halogens is 3. The standard InChI is InChI=1S/C22H27F3N6O/c1-29-17-16(11-28-29)18(27-13-26-17)30-2-4-31(5-3-30)19(32)20-7-14-6-15(8-20)10-21(9-14,12-20)22(23,24)25/h11,13-15H,2-10,12H2,1H3. The number of fused-ring (bicyclic) bond motifs is 1. The number of piperazine rings is 1. The predicted octanol–water partition coefficient (Wildman–Crippen LogP) is 3.16. The Bertz CT molecular complexity index is 1060. The molecule has 172 valence electrons. The third-order valence-corrected chi connectivity index (χ3v) is 8.49. The predicted molar refractivity (Wildman–Crippen MR) is 111 cm³/mol. The van der Waals surface area contributed by atoms with Crippen molar-refractivity contribution in [3.05, 3.63) is 12.5 Å². The molecule has 0 radical (unpaired) electrons. The minimum absolute atomic E-state index is 0.0161. The fourth-order valence-corrected chi connectivity index (χ4v) is 7.50. The van der Waals surface area contributed by atoms with E-state index in [0.29, 0.717) is 39.0 Å². The summed E-state index contributed by atoms with van der Waals surface area (Å²) in [5.41, 5.74) is -1.73. The van der Waals surface area contributed by atoms with Gasteiger partial charge in [0.25, 0.3) is 0 Å². The quantitative estimate of drug-likeness (QED) is 0.706. The van der Waals surface area contributed by atoms with Crippen molar-refractivity contribution in [3.8, 4) is 0 Å².